The number of hydrogen-bond donors (Lipinski definition) is 2. The Morgan fingerprint density at radius 3 is 2.55 bits per heavy atom. The molecule has 9 heteroatoms. The van der Waals surface area contributed by atoms with Gasteiger partial charge in [0.05, 0.1) is 11.4 Å². The molecule has 1 aliphatic rings. The zero-order valence-corrected chi connectivity index (χ0v) is 18.5. The van der Waals surface area contributed by atoms with Gasteiger partial charge in [-0.1, -0.05) is 33.8 Å². The molecule has 1 aliphatic heterocycles. The van der Waals surface area contributed by atoms with Crippen LogP contribution in [0.25, 0.3) is 0 Å². The first-order chi connectivity index (χ1) is 13.7. The first-order valence-corrected chi connectivity index (χ1v) is 11.5. The highest BCUT2D eigenvalue weighted by molar-refractivity contribution is 7.89. The van der Waals surface area contributed by atoms with Crippen molar-refractivity contribution in [3.05, 3.63) is 29.8 Å². The summed E-state index contributed by atoms with van der Waals surface area (Å²) in [6.07, 6.45) is 0. The summed E-state index contributed by atoms with van der Waals surface area (Å²) >= 11 is 0. The van der Waals surface area contributed by atoms with Gasteiger partial charge in [-0.05, 0) is 37.2 Å². The van der Waals surface area contributed by atoms with Crippen molar-refractivity contribution in [1.29, 1.82) is 0 Å². The number of carbonyl (C=O) groups is 2. The maximum absolute atomic E-state index is 12.8. The molecule has 2 rings (SSSR count). The number of likely N-dealkylation sites (N-methyl/N-ethyl adjacent to an activating group) is 1. The summed E-state index contributed by atoms with van der Waals surface area (Å²) in [5.74, 6) is -0.270. The van der Waals surface area contributed by atoms with Gasteiger partial charge in [0.25, 0.3) is 5.91 Å². The lowest BCUT2D eigenvalue weighted by Crippen LogP contribution is -2.49. The number of nitrogens with zero attached hydrogens (tertiary/aromatic N) is 2. The molecule has 1 atom stereocenters. The fourth-order valence-corrected chi connectivity index (χ4v) is 4.99. The molecule has 1 unspecified atom stereocenters. The van der Waals surface area contributed by atoms with Crippen molar-refractivity contribution in [3.63, 3.8) is 0 Å². The highest BCUT2D eigenvalue weighted by Gasteiger charge is 2.29. The summed E-state index contributed by atoms with van der Waals surface area (Å²) in [5, 5.41) is 5.55. The van der Waals surface area contributed by atoms with Crippen LogP contribution in [0.2, 0.25) is 0 Å². The molecule has 2 N–H and O–H groups in total. The van der Waals surface area contributed by atoms with E-state index in [1.807, 2.05) is 0 Å². The monoisotopic (exact) mass is 424 g/mol. The van der Waals surface area contributed by atoms with Crippen LogP contribution in [0.3, 0.4) is 0 Å². The molecule has 0 radical (unpaired) electrons. The van der Waals surface area contributed by atoms with E-state index in [9.17, 15) is 18.0 Å². The van der Waals surface area contributed by atoms with Crippen LogP contribution in [0.4, 0.5) is 0 Å². The zero-order chi connectivity index (χ0) is 21.6. The van der Waals surface area contributed by atoms with Gasteiger partial charge >= 0.3 is 0 Å². The third-order valence-electron chi connectivity index (χ3n) is 5.26. The second-order valence-electron chi connectivity index (χ2n) is 7.46. The summed E-state index contributed by atoms with van der Waals surface area (Å²) in [5.41, 5.74) is 0.287. The lowest BCUT2D eigenvalue weighted by Gasteiger charge is -2.32. The highest BCUT2D eigenvalue weighted by Crippen LogP contribution is 2.18. The van der Waals surface area contributed by atoms with Gasteiger partial charge in [-0.3, -0.25) is 14.5 Å². The number of amides is 2. The van der Waals surface area contributed by atoms with Crippen LogP contribution in [0.1, 0.15) is 38.1 Å². The largest absolute Gasteiger partial charge is 0.354 e. The van der Waals surface area contributed by atoms with Crippen LogP contribution >= 0.6 is 0 Å². The molecule has 1 heterocycles. The Hall–Kier alpha value is -1.97. The third kappa shape index (κ3) is 5.77. The minimum Gasteiger partial charge on any atom is -0.354 e. The van der Waals surface area contributed by atoms with E-state index in [0.717, 1.165) is 17.4 Å². The molecule has 1 aromatic carbocycles. The van der Waals surface area contributed by atoms with E-state index in [4.69, 9.17) is 0 Å². The van der Waals surface area contributed by atoms with Crippen molar-refractivity contribution in [1.82, 2.24) is 19.8 Å². The van der Waals surface area contributed by atoms with E-state index in [2.05, 4.69) is 43.2 Å². The molecular formula is C20H32N4O4S. The topological polar surface area (TPSA) is 98.8 Å². The third-order valence-corrected chi connectivity index (χ3v) is 7.10. The number of carbonyl (C=O) groups excluding carboxylic acids is 2. The molecule has 0 aromatic heterocycles. The van der Waals surface area contributed by atoms with Crippen molar-refractivity contribution in [3.8, 4) is 0 Å². The lowest BCUT2D eigenvalue weighted by molar-refractivity contribution is -0.122. The molecule has 1 saturated heterocycles. The minimum atomic E-state index is -3.83. The standard InChI is InChI=1S/C20H32N4O4S/c1-5-23(6-2)18(15(3)4)13-22-20(26)16-8-7-9-17(12-16)29(27,28)24-11-10-21-19(25)14-24/h7-9,12,15,18H,5-6,10-11,13-14H2,1-4H3,(H,21,25)(H,22,26). The fourth-order valence-electron chi connectivity index (χ4n) is 3.55. The predicted octanol–water partition coefficient (Wildman–Crippen LogP) is 0.903. The maximum Gasteiger partial charge on any atom is 0.251 e. The molecule has 0 saturated carbocycles. The van der Waals surface area contributed by atoms with Gasteiger partial charge in [0.1, 0.15) is 0 Å². The van der Waals surface area contributed by atoms with Crippen LogP contribution in [0.15, 0.2) is 29.2 Å². The quantitative estimate of drug-likeness (QED) is 0.614. The Bertz CT molecular complexity index is 822. The number of rotatable bonds is 9. The molecule has 2 amide bonds. The van der Waals surface area contributed by atoms with E-state index >= 15 is 0 Å². The van der Waals surface area contributed by atoms with Gasteiger partial charge in [-0.25, -0.2) is 8.42 Å². The number of sulfonamides is 1. The van der Waals surface area contributed by atoms with Crippen LogP contribution in [-0.2, 0) is 14.8 Å². The molecule has 0 aliphatic carbocycles. The van der Waals surface area contributed by atoms with E-state index in [1.165, 1.54) is 12.1 Å². The second-order valence-corrected chi connectivity index (χ2v) is 9.40. The number of piperazine rings is 1. The van der Waals surface area contributed by atoms with Gasteiger partial charge in [0.15, 0.2) is 0 Å². The van der Waals surface area contributed by atoms with Crippen LogP contribution < -0.4 is 10.6 Å². The Kier molecular flexibility index (Phi) is 8.18. The van der Waals surface area contributed by atoms with Crippen LogP contribution in [0, 0.1) is 5.92 Å². The Morgan fingerprint density at radius 1 is 1.28 bits per heavy atom. The van der Waals surface area contributed by atoms with Gasteiger partial charge in [0, 0.05) is 31.2 Å². The van der Waals surface area contributed by atoms with Gasteiger partial charge in [-0.2, -0.15) is 4.31 Å². The summed E-state index contributed by atoms with van der Waals surface area (Å²) in [7, 11) is -3.83. The summed E-state index contributed by atoms with van der Waals surface area (Å²) in [4.78, 5) is 26.5. The van der Waals surface area contributed by atoms with Gasteiger partial charge in [0.2, 0.25) is 15.9 Å². The average molecular weight is 425 g/mol. The van der Waals surface area contributed by atoms with E-state index in [-0.39, 0.29) is 47.9 Å². The zero-order valence-electron chi connectivity index (χ0n) is 17.6. The average Bonchev–Trinajstić information content (AvgIpc) is 2.70. The SMILES string of the molecule is CCN(CC)C(CNC(=O)c1cccc(S(=O)(=O)N2CCNC(=O)C2)c1)C(C)C. The van der Waals surface area contributed by atoms with Crippen molar-refractivity contribution >= 4 is 21.8 Å². The smallest absolute Gasteiger partial charge is 0.251 e. The van der Waals surface area contributed by atoms with E-state index in [0.29, 0.717) is 12.5 Å². The van der Waals surface area contributed by atoms with Crippen LogP contribution in [0.5, 0.6) is 0 Å². The molecule has 29 heavy (non-hydrogen) atoms. The second kappa shape index (κ2) is 10.2. The van der Waals surface area contributed by atoms with Crippen molar-refractivity contribution < 1.29 is 18.0 Å². The maximum atomic E-state index is 12.8. The molecule has 8 nitrogen and oxygen atoms in total. The molecule has 1 aromatic rings. The van der Waals surface area contributed by atoms with Gasteiger partial charge < -0.3 is 10.6 Å². The van der Waals surface area contributed by atoms with E-state index < -0.39 is 10.0 Å². The number of nitrogens with one attached hydrogen (secondary N) is 2. The van der Waals surface area contributed by atoms with Crippen molar-refractivity contribution in [2.45, 2.75) is 38.6 Å². The molecule has 0 bridgehead atoms. The molecule has 162 valence electrons. The minimum absolute atomic E-state index is 0.0176. The lowest BCUT2D eigenvalue weighted by atomic mass is 10.0. The Balaban J connectivity index is 2.13. The Labute approximate surface area is 173 Å². The van der Waals surface area contributed by atoms with E-state index in [1.54, 1.807) is 12.1 Å². The highest BCUT2D eigenvalue weighted by atomic mass is 32.2. The summed E-state index contributed by atoms with van der Waals surface area (Å²) < 4.78 is 26.8. The fraction of sp³-hybridized carbons (Fsp3) is 0.600. The summed E-state index contributed by atoms with van der Waals surface area (Å²) in [6.45, 7) is 11.0. The first kappa shape index (κ1) is 23.3. The molecular weight excluding hydrogens is 392 g/mol. The van der Waals surface area contributed by atoms with Gasteiger partial charge in [-0.15, -0.1) is 0 Å². The number of benzene rings is 1. The summed E-state index contributed by atoms with van der Waals surface area (Å²) in [6, 6.07) is 6.17. The molecule has 1 fully saturated rings. The van der Waals surface area contributed by atoms with Crippen molar-refractivity contribution in [2.75, 3.05) is 39.3 Å². The normalized spacial score (nSPS) is 16.7. The first-order valence-electron chi connectivity index (χ1n) is 10.1. The van der Waals surface area contributed by atoms with Crippen molar-refractivity contribution in [2.24, 2.45) is 5.92 Å². The number of hydrogen-bond acceptors (Lipinski definition) is 5. The predicted molar refractivity (Wildman–Crippen MR) is 112 cm³/mol. The Morgan fingerprint density at radius 2 is 1.97 bits per heavy atom. The molecule has 0 spiro atoms. The van der Waals surface area contributed by atoms with Crippen LogP contribution in [-0.4, -0.2) is 74.7 Å².